The Bertz CT molecular complexity index is 312. The second-order valence-corrected chi connectivity index (χ2v) is 3.23. The summed E-state index contributed by atoms with van der Waals surface area (Å²) in [6.45, 7) is 3.54. The van der Waals surface area contributed by atoms with Crippen LogP contribution in [0.15, 0.2) is 30.9 Å². The topological polar surface area (TPSA) is 26.0 Å². The van der Waals surface area contributed by atoms with Crippen molar-refractivity contribution in [3.63, 3.8) is 0 Å². The summed E-state index contributed by atoms with van der Waals surface area (Å²) in [5.41, 5.74) is 6.18. The van der Waals surface area contributed by atoms with Gasteiger partial charge >= 0.3 is 0 Å². The first-order valence-electron chi connectivity index (χ1n) is 3.96. The largest absolute Gasteiger partial charge is 0.324 e. The molecule has 0 amide bonds. The normalized spacial score (nSPS) is 12.5. The van der Waals surface area contributed by atoms with Crippen molar-refractivity contribution in [2.75, 3.05) is 0 Å². The summed E-state index contributed by atoms with van der Waals surface area (Å²) in [5.74, 6) is -0.359. The average molecular weight is 200 g/mol. The van der Waals surface area contributed by atoms with Crippen LogP contribution in [-0.4, -0.2) is 0 Å². The van der Waals surface area contributed by atoms with Crippen LogP contribution < -0.4 is 5.73 Å². The molecular formula is C10H11ClFN. The Morgan fingerprint density at radius 3 is 2.85 bits per heavy atom. The molecule has 0 aromatic heterocycles. The van der Waals surface area contributed by atoms with Crippen molar-refractivity contribution in [2.24, 2.45) is 5.73 Å². The zero-order valence-corrected chi connectivity index (χ0v) is 7.89. The molecule has 2 N–H and O–H groups in total. The third-order valence-electron chi connectivity index (χ3n) is 1.78. The smallest absolute Gasteiger partial charge is 0.129 e. The molecule has 1 aromatic carbocycles. The summed E-state index contributed by atoms with van der Waals surface area (Å²) in [4.78, 5) is 0. The minimum Gasteiger partial charge on any atom is -0.324 e. The van der Waals surface area contributed by atoms with Crippen molar-refractivity contribution in [3.8, 4) is 0 Å². The summed E-state index contributed by atoms with van der Waals surface area (Å²) >= 11 is 5.60. The van der Waals surface area contributed by atoms with E-state index < -0.39 is 0 Å². The molecule has 1 aromatic rings. The third kappa shape index (κ3) is 2.54. The van der Waals surface area contributed by atoms with Crippen LogP contribution >= 0.6 is 11.6 Å². The quantitative estimate of drug-likeness (QED) is 0.744. The first-order chi connectivity index (χ1) is 6.15. The van der Waals surface area contributed by atoms with Crippen molar-refractivity contribution in [3.05, 3.63) is 47.3 Å². The first kappa shape index (κ1) is 10.2. The van der Waals surface area contributed by atoms with Crippen LogP contribution in [0.4, 0.5) is 4.39 Å². The second kappa shape index (κ2) is 4.40. The molecule has 3 heteroatoms. The van der Waals surface area contributed by atoms with Crippen LogP contribution in [0.5, 0.6) is 0 Å². The fraction of sp³-hybridized carbons (Fsp3) is 0.200. The minimum atomic E-state index is -0.359. The molecule has 0 aliphatic heterocycles. The Morgan fingerprint density at radius 2 is 2.31 bits per heavy atom. The lowest BCUT2D eigenvalue weighted by atomic mass is 10.0. The maximum atomic E-state index is 13.2. The molecule has 13 heavy (non-hydrogen) atoms. The Labute approximate surface area is 82.0 Å². The molecule has 0 aliphatic rings. The highest BCUT2D eigenvalue weighted by Crippen LogP contribution is 2.21. The lowest BCUT2D eigenvalue weighted by molar-refractivity contribution is 0.583. The molecule has 0 heterocycles. The maximum absolute atomic E-state index is 13.2. The Morgan fingerprint density at radius 1 is 1.62 bits per heavy atom. The number of hydrogen-bond donors (Lipinski definition) is 1. The van der Waals surface area contributed by atoms with Gasteiger partial charge in [-0.2, -0.15) is 0 Å². The maximum Gasteiger partial charge on any atom is 0.129 e. The molecule has 0 radical (unpaired) electrons. The highest BCUT2D eigenvalue weighted by molar-refractivity contribution is 6.30. The van der Waals surface area contributed by atoms with Gasteiger partial charge in [0.15, 0.2) is 0 Å². The lowest BCUT2D eigenvalue weighted by Crippen LogP contribution is -2.10. The van der Waals surface area contributed by atoms with Gasteiger partial charge in [-0.05, 0) is 18.6 Å². The highest BCUT2D eigenvalue weighted by atomic mass is 35.5. The highest BCUT2D eigenvalue weighted by Gasteiger charge is 2.09. The van der Waals surface area contributed by atoms with Crippen molar-refractivity contribution < 1.29 is 4.39 Å². The average Bonchev–Trinajstić information content (AvgIpc) is 2.04. The van der Waals surface area contributed by atoms with Gasteiger partial charge in [0.05, 0.1) is 0 Å². The van der Waals surface area contributed by atoms with Crippen molar-refractivity contribution in [2.45, 2.75) is 12.5 Å². The summed E-state index contributed by atoms with van der Waals surface area (Å²) in [5, 5.41) is 0.382. The number of nitrogens with two attached hydrogens (primary N) is 1. The number of halogens is 2. The summed E-state index contributed by atoms with van der Waals surface area (Å²) in [6, 6.07) is 4.16. The first-order valence-corrected chi connectivity index (χ1v) is 4.34. The van der Waals surface area contributed by atoms with Crippen molar-refractivity contribution in [1.29, 1.82) is 0 Å². The molecular weight excluding hydrogens is 189 g/mol. The summed E-state index contributed by atoms with van der Waals surface area (Å²) in [6.07, 6.45) is 2.22. The predicted molar refractivity (Wildman–Crippen MR) is 53.2 cm³/mol. The van der Waals surface area contributed by atoms with E-state index >= 15 is 0 Å². The molecule has 0 spiro atoms. The monoisotopic (exact) mass is 199 g/mol. The molecule has 1 atom stereocenters. The van der Waals surface area contributed by atoms with Gasteiger partial charge in [-0.3, -0.25) is 0 Å². The van der Waals surface area contributed by atoms with Gasteiger partial charge in [0, 0.05) is 16.6 Å². The standard InChI is InChI=1S/C10H11ClFN/c1-2-3-10(13)8-5-4-7(11)6-9(8)12/h2,4-6,10H,1,3,13H2/t10-/m0/s1. The Hall–Kier alpha value is -0.860. The minimum absolute atomic E-state index is 0.338. The predicted octanol–water partition coefficient (Wildman–Crippen LogP) is 3.06. The molecule has 0 unspecified atom stereocenters. The van der Waals surface area contributed by atoms with Crippen LogP contribution in [-0.2, 0) is 0 Å². The zero-order chi connectivity index (χ0) is 9.84. The molecule has 0 saturated heterocycles. The van der Waals surface area contributed by atoms with E-state index in [1.54, 1.807) is 18.2 Å². The summed E-state index contributed by atoms with van der Waals surface area (Å²) in [7, 11) is 0. The van der Waals surface area contributed by atoms with Gasteiger partial charge < -0.3 is 5.73 Å². The van der Waals surface area contributed by atoms with E-state index in [4.69, 9.17) is 17.3 Å². The van der Waals surface area contributed by atoms with Crippen LogP contribution in [0.3, 0.4) is 0 Å². The van der Waals surface area contributed by atoms with Gasteiger partial charge in [0.2, 0.25) is 0 Å². The van der Waals surface area contributed by atoms with Gasteiger partial charge in [0.1, 0.15) is 5.82 Å². The lowest BCUT2D eigenvalue weighted by Gasteiger charge is -2.10. The fourth-order valence-electron chi connectivity index (χ4n) is 1.11. The third-order valence-corrected chi connectivity index (χ3v) is 2.02. The van der Waals surface area contributed by atoms with Crippen molar-refractivity contribution >= 4 is 11.6 Å². The van der Waals surface area contributed by atoms with E-state index in [1.807, 2.05) is 0 Å². The molecule has 0 fully saturated rings. The molecule has 70 valence electrons. The Kier molecular flexibility index (Phi) is 3.46. The van der Waals surface area contributed by atoms with E-state index in [9.17, 15) is 4.39 Å². The number of hydrogen-bond acceptors (Lipinski definition) is 1. The molecule has 0 saturated carbocycles. The SMILES string of the molecule is C=CC[C@H](N)c1ccc(Cl)cc1F. The zero-order valence-electron chi connectivity index (χ0n) is 7.13. The molecule has 0 bridgehead atoms. The van der Waals surface area contributed by atoms with Crippen molar-refractivity contribution in [1.82, 2.24) is 0 Å². The van der Waals surface area contributed by atoms with Crippen LogP contribution in [0.25, 0.3) is 0 Å². The number of rotatable bonds is 3. The van der Waals surface area contributed by atoms with E-state index in [1.165, 1.54) is 6.07 Å². The fourth-order valence-corrected chi connectivity index (χ4v) is 1.27. The van der Waals surface area contributed by atoms with Crippen LogP contribution in [0.1, 0.15) is 18.0 Å². The second-order valence-electron chi connectivity index (χ2n) is 2.80. The Balaban J connectivity index is 2.94. The summed E-state index contributed by atoms with van der Waals surface area (Å²) < 4.78 is 13.2. The van der Waals surface area contributed by atoms with E-state index in [0.717, 1.165) is 0 Å². The molecule has 1 rings (SSSR count). The van der Waals surface area contributed by atoms with Gasteiger partial charge in [-0.1, -0.05) is 23.7 Å². The number of benzene rings is 1. The van der Waals surface area contributed by atoms with Crippen LogP contribution in [0.2, 0.25) is 5.02 Å². The van der Waals surface area contributed by atoms with E-state index in [0.29, 0.717) is 17.0 Å². The molecule has 0 aliphatic carbocycles. The molecule has 1 nitrogen and oxygen atoms in total. The van der Waals surface area contributed by atoms with Gasteiger partial charge in [-0.15, -0.1) is 6.58 Å². The van der Waals surface area contributed by atoms with Gasteiger partial charge in [-0.25, -0.2) is 4.39 Å². The van der Waals surface area contributed by atoms with Crippen LogP contribution in [0, 0.1) is 5.82 Å². The van der Waals surface area contributed by atoms with E-state index in [2.05, 4.69) is 6.58 Å². The van der Waals surface area contributed by atoms with Gasteiger partial charge in [0.25, 0.3) is 0 Å². The van der Waals surface area contributed by atoms with E-state index in [-0.39, 0.29) is 11.9 Å².